The Balaban J connectivity index is 0.00000302. The molecule has 0 aliphatic carbocycles. The summed E-state index contributed by atoms with van der Waals surface area (Å²) < 4.78 is 8.32. The van der Waals surface area contributed by atoms with Gasteiger partial charge in [-0.2, -0.15) is 6.07 Å². The first kappa shape index (κ1) is 26.5. The van der Waals surface area contributed by atoms with E-state index >= 15 is 0 Å². The largest absolute Gasteiger partial charge is 0.506 e. The Hall–Kier alpha value is -4.67. The Bertz CT molecular complexity index is 2040. The molecular weight excluding hydrogens is 691 g/mol. The number of nitrogens with zero attached hydrogens (tertiary/aromatic N) is 4. The van der Waals surface area contributed by atoms with E-state index in [1.165, 1.54) is 0 Å². The van der Waals surface area contributed by atoms with Crippen molar-refractivity contribution in [2.24, 2.45) is 0 Å². The van der Waals surface area contributed by atoms with Crippen molar-refractivity contribution < 1.29 is 30.9 Å². The van der Waals surface area contributed by atoms with Gasteiger partial charge in [-0.1, -0.05) is 54.0 Å². The molecule has 204 valence electrons. The second-order valence-corrected chi connectivity index (χ2v) is 9.85. The number of para-hydroxylation sites is 1. The van der Waals surface area contributed by atoms with Crippen molar-refractivity contribution in [3.05, 3.63) is 115 Å². The van der Waals surface area contributed by atoms with Gasteiger partial charge < -0.3 is 19.3 Å². The van der Waals surface area contributed by atoms with Crippen LogP contribution in [0.4, 0.5) is 5.69 Å². The molecule has 7 aromatic rings. The zero-order chi connectivity index (χ0) is 27.2. The number of hydrogen-bond acceptors (Lipinski definition) is 5. The van der Waals surface area contributed by atoms with Crippen LogP contribution in [0.3, 0.4) is 0 Å². The number of hydrogen-bond donors (Lipinski definition) is 1. The van der Waals surface area contributed by atoms with Crippen molar-refractivity contribution >= 4 is 38.4 Å². The van der Waals surface area contributed by atoms with Gasteiger partial charge in [0.1, 0.15) is 17.1 Å². The molecule has 7 heteroatoms. The molecule has 0 radical (unpaired) electrons. The summed E-state index contributed by atoms with van der Waals surface area (Å²) in [6, 6.07) is 37.4. The van der Waals surface area contributed by atoms with E-state index in [0.29, 0.717) is 17.1 Å². The molecule has 0 aliphatic heterocycles. The zero-order valence-corrected chi connectivity index (χ0v) is 24.6. The number of anilines is 1. The number of aromatic nitrogens is 3. The van der Waals surface area contributed by atoms with E-state index in [1.807, 2.05) is 91.9 Å². The molecule has 4 aromatic carbocycles. The van der Waals surface area contributed by atoms with Gasteiger partial charge in [0, 0.05) is 69.8 Å². The van der Waals surface area contributed by atoms with Crippen molar-refractivity contribution in [2.75, 3.05) is 19.0 Å². The fourth-order valence-electron chi connectivity index (χ4n) is 5.25. The summed E-state index contributed by atoms with van der Waals surface area (Å²) in [5, 5.41) is 13.5. The molecule has 41 heavy (non-hydrogen) atoms. The van der Waals surface area contributed by atoms with Gasteiger partial charge in [-0.15, -0.1) is 17.5 Å². The second-order valence-electron chi connectivity index (χ2n) is 9.85. The maximum Gasteiger partial charge on any atom is 0.217 e. The van der Waals surface area contributed by atoms with E-state index < -0.39 is 0 Å². The molecule has 0 fully saturated rings. The van der Waals surface area contributed by atoms with Crippen LogP contribution >= 0.6 is 0 Å². The molecule has 0 bridgehead atoms. The van der Waals surface area contributed by atoms with Gasteiger partial charge in [0.05, 0.1) is 0 Å². The van der Waals surface area contributed by atoms with E-state index in [2.05, 4.69) is 45.9 Å². The van der Waals surface area contributed by atoms with Gasteiger partial charge in [-0.05, 0) is 52.9 Å². The van der Waals surface area contributed by atoms with E-state index in [-0.39, 0.29) is 26.8 Å². The second kappa shape index (κ2) is 10.7. The molecule has 7 rings (SSSR count). The van der Waals surface area contributed by atoms with Crippen molar-refractivity contribution in [2.45, 2.75) is 0 Å². The van der Waals surface area contributed by atoms with Crippen LogP contribution in [-0.2, 0) is 21.1 Å². The molecule has 6 nitrogen and oxygen atoms in total. The van der Waals surface area contributed by atoms with Crippen LogP contribution in [0.5, 0.6) is 17.4 Å². The summed E-state index contributed by atoms with van der Waals surface area (Å²) in [5.41, 5.74) is 5.56. The summed E-state index contributed by atoms with van der Waals surface area (Å²) in [6.07, 6.45) is 1.84. The van der Waals surface area contributed by atoms with Crippen molar-refractivity contribution in [1.82, 2.24) is 14.5 Å². The summed E-state index contributed by atoms with van der Waals surface area (Å²) >= 11 is 0. The van der Waals surface area contributed by atoms with Crippen molar-refractivity contribution in [3.8, 4) is 34.3 Å². The molecule has 0 saturated carbocycles. The number of phenols is 1. The molecule has 0 aliphatic rings. The van der Waals surface area contributed by atoms with Gasteiger partial charge in [-0.3, -0.25) is 0 Å². The monoisotopic (exact) mass is 716 g/mol. The van der Waals surface area contributed by atoms with Crippen LogP contribution in [0.2, 0.25) is 0 Å². The van der Waals surface area contributed by atoms with Gasteiger partial charge in [0.25, 0.3) is 0 Å². The first-order valence-electron chi connectivity index (χ1n) is 13.0. The van der Waals surface area contributed by atoms with Crippen LogP contribution in [-0.4, -0.2) is 33.7 Å². The number of aromatic hydroxyl groups is 1. The van der Waals surface area contributed by atoms with Gasteiger partial charge in [0.2, 0.25) is 5.88 Å². The van der Waals surface area contributed by atoms with Gasteiger partial charge >= 0.3 is 0 Å². The third-order valence-electron chi connectivity index (χ3n) is 7.12. The number of fused-ring (bicyclic) bond motifs is 4. The van der Waals surface area contributed by atoms with Crippen molar-refractivity contribution in [3.63, 3.8) is 0 Å². The summed E-state index contributed by atoms with van der Waals surface area (Å²) in [6.45, 7) is 0. The Morgan fingerprint density at radius 1 is 0.780 bits per heavy atom. The van der Waals surface area contributed by atoms with Crippen LogP contribution in [0, 0.1) is 6.07 Å². The topological polar surface area (TPSA) is 63.4 Å². The minimum Gasteiger partial charge on any atom is -0.506 e. The normalized spacial score (nSPS) is 11.1. The Kier molecular flexibility index (Phi) is 6.94. The minimum absolute atomic E-state index is 0. The van der Waals surface area contributed by atoms with E-state index in [9.17, 15) is 5.11 Å². The third-order valence-corrected chi connectivity index (χ3v) is 7.12. The molecule has 0 spiro atoms. The van der Waals surface area contributed by atoms with E-state index in [4.69, 9.17) is 9.72 Å². The molecule has 3 heterocycles. The smallest absolute Gasteiger partial charge is 0.217 e. The zero-order valence-electron chi connectivity index (χ0n) is 22.4. The fraction of sp³-hybridized carbons (Fsp3) is 0.0588. The first-order valence-corrected chi connectivity index (χ1v) is 13.0. The summed E-state index contributed by atoms with van der Waals surface area (Å²) in [4.78, 5) is 11.4. The number of benzene rings is 4. The molecule has 1 N–H and O–H groups in total. The van der Waals surface area contributed by atoms with Crippen LogP contribution < -0.4 is 9.64 Å². The Morgan fingerprint density at radius 3 is 2.39 bits per heavy atom. The number of rotatable bonds is 5. The predicted molar refractivity (Wildman–Crippen MR) is 161 cm³/mol. The summed E-state index contributed by atoms with van der Waals surface area (Å²) in [5.74, 6) is 1.80. The van der Waals surface area contributed by atoms with Gasteiger partial charge in [0.15, 0.2) is 0 Å². The Labute approximate surface area is 251 Å². The third kappa shape index (κ3) is 4.70. The minimum atomic E-state index is 0. The number of pyridine rings is 2. The molecule has 0 amide bonds. The molecule has 3 aromatic heterocycles. The number of phenolic OH excluding ortho intramolecular Hbond substituents is 1. The SMILES string of the molecule is CN(C)c1ccc(O)c2nc(Oc3[c-]c4c(cc3)c3ccccc3n4-c3cc(-c4ccccc4)ccn3)ccc12.[Pt]. The molecular formula is C34H25N4O2Pt-. The first-order chi connectivity index (χ1) is 19.6. The Morgan fingerprint density at radius 2 is 1.56 bits per heavy atom. The van der Waals surface area contributed by atoms with E-state index in [1.54, 1.807) is 6.07 Å². The summed E-state index contributed by atoms with van der Waals surface area (Å²) in [7, 11) is 3.92. The van der Waals surface area contributed by atoms with Gasteiger partial charge in [-0.25, -0.2) is 9.97 Å². The maximum atomic E-state index is 10.5. The fourth-order valence-corrected chi connectivity index (χ4v) is 5.25. The molecule has 0 atom stereocenters. The van der Waals surface area contributed by atoms with Crippen LogP contribution in [0.25, 0.3) is 49.7 Å². The van der Waals surface area contributed by atoms with E-state index in [0.717, 1.165) is 49.8 Å². The maximum absolute atomic E-state index is 10.5. The van der Waals surface area contributed by atoms with Crippen LogP contribution in [0.15, 0.2) is 109 Å². The standard InChI is InChI=1S/C34H25N4O2.Pt/c1-37(2)28-15-16-31(39)34-27(28)14-17-33(36-34)40-24-12-13-26-25-10-6-7-11-29(25)38(30(26)21-24)32-20-23(18-19-35-32)22-8-4-3-5-9-22;/h3-20,39H,1-2H3;/q-1;. The average Bonchev–Trinajstić information content (AvgIpc) is 3.31. The van der Waals surface area contributed by atoms with Crippen molar-refractivity contribution in [1.29, 1.82) is 0 Å². The molecule has 0 saturated heterocycles. The van der Waals surface area contributed by atoms with Crippen LogP contribution in [0.1, 0.15) is 0 Å². The molecule has 0 unspecified atom stereocenters. The quantitative estimate of drug-likeness (QED) is 0.185. The number of ether oxygens (including phenoxy) is 1. The average molecular weight is 717 g/mol. The predicted octanol–water partition coefficient (Wildman–Crippen LogP) is 7.76.